The molecule has 0 aliphatic carbocycles. The summed E-state index contributed by atoms with van der Waals surface area (Å²) >= 11 is 1.53. The maximum absolute atomic E-state index is 10.8. The first-order valence-corrected chi connectivity index (χ1v) is 8.30. The lowest BCUT2D eigenvalue weighted by Gasteiger charge is -2.05. The Morgan fingerprint density at radius 3 is 3.05 bits per heavy atom. The topological polar surface area (TPSA) is 98.7 Å². The monoisotopic (exact) mass is 304 g/mol. The van der Waals surface area contributed by atoms with Crippen LogP contribution in [0.25, 0.3) is 4.96 Å². The molecule has 0 saturated heterocycles. The fraction of sp³-hybridized carbons (Fsp3) is 0.500. The van der Waals surface area contributed by atoms with Gasteiger partial charge < -0.3 is 10.1 Å². The van der Waals surface area contributed by atoms with Crippen LogP contribution in [0.5, 0.6) is 5.88 Å². The summed E-state index contributed by atoms with van der Waals surface area (Å²) in [5.41, 5.74) is 0.925. The van der Waals surface area contributed by atoms with Gasteiger partial charge in [-0.15, -0.1) is 11.3 Å². The first-order valence-electron chi connectivity index (χ1n) is 5.71. The number of nitrogens with two attached hydrogens (primary N) is 1. The summed E-state index contributed by atoms with van der Waals surface area (Å²) < 4.78 is 28.7. The number of sulfonamides is 1. The normalized spacial score (nSPS) is 12.1. The summed E-state index contributed by atoms with van der Waals surface area (Å²) in [4.78, 5) is 5.21. The van der Waals surface area contributed by atoms with Gasteiger partial charge in [-0.3, -0.25) is 4.40 Å². The van der Waals surface area contributed by atoms with Gasteiger partial charge >= 0.3 is 0 Å². The minimum atomic E-state index is -3.38. The molecule has 2 aromatic rings. The van der Waals surface area contributed by atoms with Gasteiger partial charge in [0.05, 0.1) is 12.9 Å². The summed E-state index contributed by atoms with van der Waals surface area (Å²) in [5, 5.41) is 10.0. The number of imidazole rings is 1. The first-order chi connectivity index (χ1) is 9.01. The molecule has 0 spiro atoms. The van der Waals surface area contributed by atoms with Gasteiger partial charge in [0.25, 0.3) is 0 Å². The van der Waals surface area contributed by atoms with Crippen molar-refractivity contribution >= 4 is 26.3 Å². The Hall–Kier alpha value is -1.16. The van der Waals surface area contributed by atoms with E-state index in [1.54, 1.807) is 7.11 Å². The number of fused-ring (bicyclic) bond motifs is 1. The van der Waals surface area contributed by atoms with Gasteiger partial charge in [-0.25, -0.2) is 13.6 Å². The Morgan fingerprint density at radius 1 is 1.58 bits per heavy atom. The van der Waals surface area contributed by atoms with Crippen molar-refractivity contribution in [3.8, 4) is 5.88 Å². The van der Waals surface area contributed by atoms with E-state index in [9.17, 15) is 8.42 Å². The Bertz CT molecular complexity index is 647. The average Bonchev–Trinajstić information content (AvgIpc) is 2.88. The molecule has 0 aromatic carbocycles. The molecule has 0 saturated carbocycles. The van der Waals surface area contributed by atoms with Gasteiger partial charge in [0, 0.05) is 18.1 Å². The van der Waals surface area contributed by atoms with Gasteiger partial charge in [-0.2, -0.15) is 4.98 Å². The highest BCUT2D eigenvalue weighted by Gasteiger charge is 2.12. The van der Waals surface area contributed by atoms with Crippen LogP contribution >= 0.6 is 11.3 Å². The van der Waals surface area contributed by atoms with Crippen LogP contribution in [0, 0.1) is 0 Å². The molecule has 0 amide bonds. The van der Waals surface area contributed by atoms with Crippen molar-refractivity contribution in [2.24, 2.45) is 5.14 Å². The number of hydrogen-bond donors (Lipinski definition) is 2. The lowest BCUT2D eigenvalue weighted by Crippen LogP contribution is -2.22. The first kappa shape index (κ1) is 14.3. The number of nitrogens with one attached hydrogen (secondary N) is 1. The molecule has 0 bridgehead atoms. The van der Waals surface area contributed by atoms with Crippen LogP contribution in [0.2, 0.25) is 0 Å². The predicted molar refractivity (Wildman–Crippen MR) is 73.9 cm³/mol. The van der Waals surface area contributed by atoms with Crippen molar-refractivity contribution < 1.29 is 13.2 Å². The van der Waals surface area contributed by atoms with Gasteiger partial charge in [0.1, 0.15) is 5.69 Å². The third-order valence-electron chi connectivity index (χ3n) is 2.59. The van der Waals surface area contributed by atoms with Crippen molar-refractivity contribution in [2.45, 2.75) is 13.0 Å². The van der Waals surface area contributed by atoms with Crippen LogP contribution in [-0.2, 0) is 16.6 Å². The van der Waals surface area contributed by atoms with Crippen LogP contribution in [0.3, 0.4) is 0 Å². The molecule has 0 aliphatic rings. The minimum absolute atomic E-state index is 0.0165. The molecule has 3 N–H and O–H groups in total. The summed E-state index contributed by atoms with van der Waals surface area (Å²) in [6, 6.07) is 0. The quantitative estimate of drug-likeness (QED) is 0.711. The molecule has 0 unspecified atom stereocenters. The van der Waals surface area contributed by atoms with Crippen molar-refractivity contribution in [3.05, 3.63) is 17.3 Å². The van der Waals surface area contributed by atoms with E-state index in [1.165, 1.54) is 11.3 Å². The number of thiazole rings is 1. The zero-order chi connectivity index (χ0) is 13.9. The number of methoxy groups -OCH3 is 1. The van der Waals surface area contributed by atoms with Crippen molar-refractivity contribution in [2.75, 3.05) is 19.4 Å². The molecule has 0 fully saturated rings. The molecule has 106 valence electrons. The van der Waals surface area contributed by atoms with Crippen LogP contribution < -0.4 is 15.2 Å². The van der Waals surface area contributed by atoms with E-state index in [2.05, 4.69) is 10.3 Å². The van der Waals surface area contributed by atoms with E-state index in [4.69, 9.17) is 9.88 Å². The van der Waals surface area contributed by atoms with Crippen LogP contribution in [0.15, 0.2) is 11.6 Å². The molecule has 0 radical (unpaired) electrons. The highest BCUT2D eigenvalue weighted by molar-refractivity contribution is 7.89. The highest BCUT2D eigenvalue weighted by Crippen LogP contribution is 2.22. The fourth-order valence-corrected chi connectivity index (χ4v) is 3.01. The second-order valence-corrected chi connectivity index (χ2v) is 6.63. The Balaban J connectivity index is 1.92. The van der Waals surface area contributed by atoms with E-state index in [0.29, 0.717) is 25.4 Å². The van der Waals surface area contributed by atoms with Crippen LogP contribution in [0.4, 0.5) is 0 Å². The Morgan fingerprint density at radius 2 is 2.37 bits per heavy atom. The molecule has 2 rings (SSSR count). The van der Waals surface area contributed by atoms with Crippen LogP contribution in [0.1, 0.15) is 12.1 Å². The minimum Gasteiger partial charge on any atom is -0.480 e. The van der Waals surface area contributed by atoms with E-state index in [1.807, 2.05) is 16.0 Å². The zero-order valence-corrected chi connectivity index (χ0v) is 12.1. The summed E-state index contributed by atoms with van der Waals surface area (Å²) in [6.07, 6.45) is 2.41. The average molecular weight is 304 g/mol. The molecular formula is C10H16N4O3S2. The number of nitrogens with zero attached hydrogens (tertiary/aromatic N) is 2. The van der Waals surface area contributed by atoms with Crippen molar-refractivity contribution in [1.82, 2.24) is 14.7 Å². The standard InChI is InChI=1S/C10H16N4O3S2/c1-17-9-8(14-4-5-18-10(14)13-9)7-12-3-2-6-19(11,15)16/h4-5,12H,2-3,6-7H2,1H3,(H2,11,15,16). The maximum atomic E-state index is 10.8. The number of rotatable bonds is 7. The fourth-order valence-electron chi connectivity index (χ4n) is 1.74. The van der Waals surface area contributed by atoms with Crippen LogP contribution in [-0.4, -0.2) is 37.2 Å². The Kier molecular flexibility index (Phi) is 4.40. The van der Waals surface area contributed by atoms with E-state index in [0.717, 1.165) is 10.7 Å². The molecular weight excluding hydrogens is 288 g/mol. The van der Waals surface area contributed by atoms with E-state index < -0.39 is 10.0 Å². The number of primary sulfonamides is 1. The largest absolute Gasteiger partial charge is 0.480 e. The van der Waals surface area contributed by atoms with Gasteiger partial charge in [0.2, 0.25) is 15.9 Å². The third kappa shape index (κ3) is 3.66. The van der Waals surface area contributed by atoms with Crippen molar-refractivity contribution in [1.29, 1.82) is 0 Å². The molecule has 19 heavy (non-hydrogen) atoms. The molecule has 9 heteroatoms. The Labute approximate surface area is 115 Å². The number of hydrogen-bond acceptors (Lipinski definition) is 6. The third-order valence-corrected chi connectivity index (χ3v) is 4.21. The smallest absolute Gasteiger partial charge is 0.237 e. The number of ether oxygens (including phenoxy) is 1. The molecule has 2 aromatic heterocycles. The molecule has 7 nitrogen and oxygen atoms in total. The predicted octanol–water partition coefficient (Wildman–Crippen LogP) is 0.173. The lowest BCUT2D eigenvalue weighted by molar-refractivity contribution is 0.393. The highest BCUT2D eigenvalue weighted by atomic mass is 32.2. The van der Waals surface area contributed by atoms with E-state index in [-0.39, 0.29) is 5.75 Å². The van der Waals surface area contributed by atoms with Crippen molar-refractivity contribution in [3.63, 3.8) is 0 Å². The van der Waals surface area contributed by atoms with Gasteiger partial charge in [-0.05, 0) is 13.0 Å². The molecule has 0 aliphatic heterocycles. The number of aromatic nitrogens is 2. The summed E-state index contributed by atoms with van der Waals surface area (Å²) in [7, 11) is -1.80. The van der Waals surface area contributed by atoms with Gasteiger partial charge in [0.15, 0.2) is 4.96 Å². The zero-order valence-electron chi connectivity index (χ0n) is 10.5. The maximum Gasteiger partial charge on any atom is 0.237 e. The second kappa shape index (κ2) is 5.87. The molecule has 2 heterocycles. The SMILES string of the molecule is COc1nc2sccn2c1CNCCCS(N)(=O)=O. The summed E-state index contributed by atoms with van der Waals surface area (Å²) in [6.45, 7) is 1.13. The van der Waals surface area contributed by atoms with Gasteiger partial charge in [-0.1, -0.05) is 0 Å². The second-order valence-electron chi connectivity index (χ2n) is 4.02. The lowest BCUT2D eigenvalue weighted by atomic mass is 10.4. The molecule has 0 atom stereocenters. The summed E-state index contributed by atoms with van der Waals surface area (Å²) in [5.74, 6) is 0.572. The van der Waals surface area contributed by atoms with E-state index >= 15 is 0 Å².